The Morgan fingerprint density at radius 2 is 2.31 bits per heavy atom. The minimum atomic E-state index is -0.373. The van der Waals surface area contributed by atoms with Crippen LogP contribution >= 0.6 is 0 Å². The smallest absolute Gasteiger partial charge is 0.242 e. The fraction of sp³-hybridized carbons (Fsp3) is 0.778. The van der Waals surface area contributed by atoms with E-state index in [-0.39, 0.29) is 37.6 Å². The maximum absolute atomic E-state index is 11.7. The predicted molar refractivity (Wildman–Crippen MR) is 55.5 cm³/mol. The van der Waals surface area contributed by atoms with E-state index in [0.29, 0.717) is 19.8 Å². The molecule has 1 rings (SSSR count). The first kappa shape index (κ1) is 12.9. The van der Waals surface area contributed by atoms with Crippen LogP contribution in [0.25, 0.3) is 0 Å². The molecule has 92 valence electrons. The number of hydrogen-bond donors (Lipinski definition) is 3. The first-order valence-electron chi connectivity index (χ1n) is 5.14. The summed E-state index contributed by atoms with van der Waals surface area (Å²) in [6, 6.07) is -0.323. The van der Waals surface area contributed by atoms with E-state index in [0.717, 1.165) is 0 Å². The highest BCUT2D eigenvalue weighted by molar-refractivity contribution is 5.85. The van der Waals surface area contributed by atoms with Crippen LogP contribution < -0.4 is 11.1 Å². The van der Waals surface area contributed by atoms with Crippen molar-refractivity contribution in [3.8, 4) is 0 Å². The molecule has 7 nitrogen and oxygen atoms in total. The van der Waals surface area contributed by atoms with Gasteiger partial charge in [-0.15, -0.1) is 0 Å². The van der Waals surface area contributed by atoms with Gasteiger partial charge >= 0.3 is 0 Å². The first-order valence-corrected chi connectivity index (χ1v) is 5.14. The van der Waals surface area contributed by atoms with E-state index in [1.54, 1.807) is 0 Å². The molecule has 1 aliphatic heterocycles. The Labute approximate surface area is 93.5 Å². The number of carbonyl (C=O) groups excluding carboxylic acids is 2. The number of hydrogen-bond acceptors (Lipinski definition) is 5. The van der Waals surface area contributed by atoms with Crippen LogP contribution in [0, 0.1) is 0 Å². The second-order valence-electron chi connectivity index (χ2n) is 3.48. The molecule has 0 spiro atoms. The van der Waals surface area contributed by atoms with Gasteiger partial charge < -0.3 is 25.8 Å². The summed E-state index contributed by atoms with van der Waals surface area (Å²) in [5, 5.41) is 11.4. The summed E-state index contributed by atoms with van der Waals surface area (Å²) in [6.45, 7) is 0.839. The lowest BCUT2D eigenvalue weighted by molar-refractivity contribution is -0.141. The van der Waals surface area contributed by atoms with Crippen LogP contribution in [0.5, 0.6) is 0 Å². The third-order valence-electron chi connectivity index (χ3n) is 2.38. The van der Waals surface area contributed by atoms with Crippen LogP contribution in [-0.2, 0) is 14.3 Å². The van der Waals surface area contributed by atoms with Crippen molar-refractivity contribution < 1.29 is 19.4 Å². The molecular formula is C9H17N3O4. The van der Waals surface area contributed by atoms with Gasteiger partial charge in [-0.1, -0.05) is 0 Å². The maximum atomic E-state index is 11.7. The largest absolute Gasteiger partial charge is 0.394 e. The number of nitrogens with one attached hydrogen (secondary N) is 1. The summed E-state index contributed by atoms with van der Waals surface area (Å²) < 4.78 is 5.14. The predicted octanol–water partition coefficient (Wildman–Crippen LogP) is -2.72. The molecule has 0 aromatic carbocycles. The Hall–Kier alpha value is -1.18. The topological polar surface area (TPSA) is 105 Å². The molecular weight excluding hydrogens is 214 g/mol. The molecule has 1 saturated heterocycles. The van der Waals surface area contributed by atoms with Gasteiger partial charge in [0, 0.05) is 6.54 Å². The molecule has 0 aliphatic carbocycles. The lowest BCUT2D eigenvalue weighted by Gasteiger charge is -2.34. The summed E-state index contributed by atoms with van der Waals surface area (Å²) in [7, 11) is 0. The van der Waals surface area contributed by atoms with E-state index in [1.165, 1.54) is 4.90 Å². The third kappa shape index (κ3) is 3.44. The second kappa shape index (κ2) is 6.41. The second-order valence-corrected chi connectivity index (χ2v) is 3.48. The van der Waals surface area contributed by atoms with Crippen molar-refractivity contribution in [3.05, 3.63) is 0 Å². The van der Waals surface area contributed by atoms with E-state index in [4.69, 9.17) is 15.6 Å². The molecule has 0 aromatic heterocycles. The molecule has 2 amide bonds. The molecule has 1 atom stereocenters. The van der Waals surface area contributed by atoms with E-state index >= 15 is 0 Å². The van der Waals surface area contributed by atoms with Crippen LogP contribution in [0.2, 0.25) is 0 Å². The van der Waals surface area contributed by atoms with Gasteiger partial charge in [-0.05, 0) is 0 Å². The van der Waals surface area contributed by atoms with Crippen LogP contribution in [-0.4, -0.2) is 67.3 Å². The summed E-state index contributed by atoms with van der Waals surface area (Å²) in [4.78, 5) is 24.1. The molecule has 1 heterocycles. The fourth-order valence-electron chi connectivity index (χ4n) is 1.48. The van der Waals surface area contributed by atoms with Gasteiger partial charge in [0.25, 0.3) is 0 Å². The van der Waals surface area contributed by atoms with Crippen LogP contribution in [0.3, 0.4) is 0 Å². The Kier molecular flexibility index (Phi) is 5.17. The molecule has 16 heavy (non-hydrogen) atoms. The first-order chi connectivity index (χ1) is 7.69. The van der Waals surface area contributed by atoms with Gasteiger partial charge in [-0.3, -0.25) is 9.59 Å². The average Bonchev–Trinajstić information content (AvgIpc) is 2.35. The van der Waals surface area contributed by atoms with Crippen molar-refractivity contribution in [2.45, 2.75) is 6.04 Å². The van der Waals surface area contributed by atoms with Crippen LogP contribution in [0.4, 0.5) is 0 Å². The zero-order valence-electron chi connectivity index (χ0n) is 9.02. The number of aliphatic hydroxyl groups is 1. The third-order valence-corrected chi connectivity index (χ3v) is 2.38. The van der Waals surface area contributed by atoms with E-state index in [1.807, 2.05) is 0 Å². The number of morpholine rings is 1. The van der Waals surface area contributed by atoms with Crippen molar-refractivity contribution in [2.75, 3.05) is 39.5 Å². The summed E-state index contributed by atoms with van der Waals surface area (Å²) >= 11 is 0. The van der Waals surface area contributed by atoms with Crippen LogP contribution in [0.1, 0.15) is 0 Å². The highest BCUT2D eigenvalue weighted by Crippen LogP contribution is 2.06. The summed E-state index contributed by atoms with van der Waals surface area (Å²) in [5.74, 6) is -0.605. The molecule has 1 fully saturated rings. The zero-order chi connectivity index (χ0) is 12.0. The van der Waals surface area contributed by atoms with E-state index in [9.17, 15) is 9.59 Å². The van der Waals surface area contributed by atoms with E-state index in [2.05, 4.69) is 5.32 Å². The van der Waals surface area contributed by atoms with Gasteiger partial charge in [-0.25, -0.2) is 0 Å². The standard InChI is InChI=1S/C9H17N3O4/c10-3-8(14)11-4-9(15)12-1-2-16-6-7(12)5-13/h7,13H,1-6,10H2,(H,11,14). The lowest BCUT2D eigenvalue weighted by Crippen LogP contribution is -2.53. The van der Waals surface area contributed by atoms with Crippen molar-refractivity contribution in [2.24, 2.45) is 5.73 Å². The Bertz CT molecular complexity index is 259. The minimum Gasteiger partial charge on any atom is -0.394 e. The molecule has 0 bridgehead atoms. The SMILES string of the molecule is NCC(=O)NCC(=O)N1CCOCC1CO. The number of nitrogens with two attached hydrogens (primary N) is 1. The Morgan fingerprint density at radius 1 is 1.56 bits per heavy atom. The maximum Gasteiger partial charge on any atom is 0.242 e. The van der Waals surface area contributed by atoms with Gasteiger partial charge in [0.15, 0.2) is 0 Å². The van der Waals surface area contributed by atoms with Gasteiger partial charge in [0.2, 0.25) is 11.8 Å². The molecule has 0 radical (unpaired) electrons. The monoisotopic (exact) mass is 231 g/mol. The number of nitrogens with zero attached hydrogens (tertiary/aromatic N) is 1. The van der Waals surface area contributed by atoms with Crippen molar-refractivity contribution in [1.82, 2.24) is 10.2 Å². The van der Waals surface area contributed by atoms with Crippen molar-refractivity contribution >= 4 is 11.8 Å². The average molecular weight is 231 g/mol. The van der Waals surface area contributed by atoms with Crippen molar-refractivity contribution in [1.29, 1.82) is 0 Å². The lowest BCUT2D eigenvalue weighted by atomic mass is 10.2. The number of aliphatic hydroxyl groups excluding tert-OH is 1. The minimum absolute atomic E-state index is 0.0907. The molecule has 7 heteroatoms. The van der Waals surface area contributed by atoms with Crippen LogP contribution in [0.15, 0.2) is 0 Å². The zero-order valence-corrected chi connectivity index (χ0v) is 9.02. The quantitative estimate of drug-likeness (QED) is 0.487. The fourth-order valence-corrected chi connectivity index (χ4v) is 1.48. The number of ether oxygens (including phenoxy) is 1. The van der Waals surface area contributed by atoms with E-state index < -0.39 is 0 Å². The highest BCUT2D eigenvalue weighted by atomic mass is 16.5. The summed E-state index contributed by atoms with van der Waals surface area (Å²) in [5.41, 5.74) is 5.09. The molecule has 0 saturated carbocycles. The molecule has 0 aromatic rings. The van der Waals surface area contributed by atoms with Crippen molar-refractivity contribution in [3.63, 3.8) is 0 Å². The molecule has 1 aliphatic rings. The van der Waals surface area contributed by atoms with Gasteiger partial charge in [0.1, 0.15) is 0 Å². The Balaban J connectivity index is 2.41. The number of carbonyl (C=O) groups is 2. The Morgan fingerprint density at radius 3 is 2.94 bits per heavy atom. The normalized spacial score (nSPS) is 20.6. The molecule has 4 N–H and O–H groups in total. The van der Waals surface area contributed by atoms with Gasteiger partial charge in [-0.2, -0.15) is 0 Å². The molecule has 1 unspecified atom stereocenters. The highest BCUT2D eigenvalue weighted by Gasteiger charge is 2.26. The number of rotatable bonds is 4. The number of amides is 2. The van der Waals surface area contributed by atoms with Gasteiger partial charge in [0.05, 0.1) is 39.0 Å². The summed E-state index contributed by atoms with van der Waals surface area (Å²) in [6.07, 6.45) is 0.